The second kappa shape index (κ2) is 4.78. The van der Waals surface area contributed by atoms with Crippen LogP contribution in [0.4, 0.5) is 17.1 Å². The summed E-state index contributed by atoms with van der Waals surface area (Å²) in [5.41, 5.74) is 9.16. The molecule has 0 fully saturated rings. The lowest BCUT2D eigenvalue weighted by Crippen LogP contribution is -1.97. The largest absolute Gasteiger partial charge is 0.397 e. The number of anilines is 3. The van der Waals surface area contributed by atoms with Gasteiger partial charge in [0.15, 0.2) is 0 Å². The van der Waals surface area contributed by atoms with Gasteiger partial charge in [-0.1, -0.05) is 23.7 Å². The quantitative estimate of drug-likeness (QED) is 0.685. The van der Waals surface area contributed by atoms with Crippen LogP contribution in [0.2, 0.25) is 5.02 Å². The highest BCUT2D eigenvalue weighted by Gasteiger charge is 2.05. The van der Waals surface area contributed by atoms with Crippen molar-refractivity contribution in [2.24, 2.45) is 0 Å². The third-order valence-corrected chi connectivity index (χ3v) is 3.23. The number of benzene rings is 2. The minimum atomic E-state index is 0.603. The Balaban J connectivity index is 2.01. The predicted octanol–water partition coefficient (Wildman–Crippen LogP) is 4.21. The Bertz CT molecular complexity index is 720. The fourth-order valence-corrected chi connectivity index (χ4v) is 2.20. The van der Waals surface area contributed by atoms with Crippen LogP contribution in [0.3, 0.4) is 0 Å². The van der Waals surface area contributed by atoms with E-state index in [4.69, 9.17) is 17.3 Å². The molecule has 2 aromatic carbocycles. The van der Waals surface area contributed by atoms with Gasteiger partial charge in [0.2, 0.25) is 0 Å². The van der Waals surface area contributed by atoms with Gasteiger partial charge in [-0.05, 0) is 36.4 Å². The fraction of sp³-hybridized carbons (Fsp3) is 0. The number of nitrogen functional groups attached to an aromatic ring is 1. The van der Waals surface area contributed by atoms with E-state index in [0.29, 0.717) is 10.7 Å². The van der Waals surface area contributed by atoms with Crippen molar-refractivity contribution in [2.45, 2.75) is 0 Å². The van der Waals surface area contributed by atoms with E-state index in [2.05, 4.69) is 10.3 Å². The van der Waals surface area contributed by atoms with E-state index in [9.17, 15) is 0 Å². The molecular weight excluding hydrogens is 258 g/mol. The highest BCUT2D eigenvalue weighted by atomic mass is 35.5. The van der Waals surface area contributed by atoms with Crippen LogP contribution in [-0.4, -0.2) is 4.98 Å². The molecule has 4 heteroatoms. The molecule has 3 nitrogen and oxygen atoms in total. The first-order valence-electron chi connectivity index (χ1n) is 5.90. The molecule has 0 saturated heterocycles. The first-order valence-corrected chi connectivity index (χ1v) is 6.27. The molecule has 3 aromatic rings. The van der Waals surface area contributed by atoms with E-state index < -0.39 is 0 Å². The zero-order chi connectivity index (χ0) is 13.2. The summed E-state index contributed by atoms with van der Waals surface area (Å²) in [5, 5.41) is 4.92. The Labute approximate surface area is 116 Å². The van der Waals surface area contributed by atoms with Gasteiger partial charge in [0, 0.05) is 17.3 Å². The molecule has 0 aliphatic rings. The zero-order valence-electron chi connectivity index (χ0n) is 10.1. The van der Waals surface area contributed by atoms with E-state index in [-0.39, 0.29) is 0 Å². The molecule has 0 atom stereocenters. The van der Waals surface area contributed by atoms with Crippen molar-refractivity contribution in [1.82, 2.24) is 4.98 Å². The highest BCUT2D eigenvalue weighted by molar-refractivity contribution is 6.34. The maximum atomic E-state index is 6.14. The predicted molar refractivity (Wildman–Crippen MR) is 80.9 cm³/mol. The lowest BCUT2D eigenvalue weighted by molar-refractivity contribution is 1.41. The fourth-order valence-electron chi connectivity index (χ4n) is 1.97. The third kappa shape index (κ3) is 2.33. The summed E-state index contributed by atoms with van der Waals surface area (Å²) in [5.74, 6) is 0. The van der Waals surface area contributed by atoms with Crippen LogP contribution in [0.1, 0.15) is 0 Å². The van der Waals surface area contributed by atoms with Gasteiger partial charge in [-0.25, -0.2) is 0 Å². The van der Waals surface area contributed by atoms with Gasteiger partial charge in [0.05, 0.1) is 21.9 Å². The van der Waals surface area contributed by atoms with Crippen LogP contribution in [-0.2, 0) is 0 Å². The Morgan fingerprint density at radius 3 is 2.79 bits per heavy atom. The van der Waals surface area contributed by atoms with Gasteiger partial charge >= 0.3 is 0 Å². The smallest absolute Gasteiger partial charge is 0.0807 e. The maximum absolute atomic E-state index is 6.14. The first-order chi connectivity index (χ1) is 9.24. The van der Waals surface area contributed by atoms with E-state index in [1.807, 2.05) is 48.5 Å². The zero-order valence-corrected chi connectivity index (χ0v) is 10.9. The van der Waals surface area contributed by atoms with Gasteiger partial charge in [-0.2, -0.15) is 0 Å². The van der Waals surface area contributed by atoms with E-state index in [1.165, 1.54) is 0 Å². The molecule has 94 valence electrons. The summed E-state index contributed by atoms with van der Waals surface area (Å²) in [4.78, 5) is 4.29. The van der Waals surface area contributed by atoms with Crippen LogP contribution in [0, 0.1) is 0 Å². The lowest BCUT2D eigenvalue weighted by Gasteiger charge is -2.11. The summed E-state index contributed by atoms with van der Waals surface area (Å²) in [6.07, 6.45) is 1.78. The van der Waals surface area contributed by atoms with Gasteiger partial charge in [-0.3, -0.25) is 4.98 Å². The minimum absolute atomic E-state index is 0.603. The van der Waals surface area contributed by atoms with Crippen LogP contribution < -0.4 is 11.1 Å². The molecule has 0 bridgehead atoms. The second-order valence-electron chi connectivity index (χ2n) is 4.24. The van der Waals surface area contributed by atoms with Crippen LogP contribution in [0.5, 0.6) is 0 Å². The maximum Gasteiger partial charge on any atom is 0.0807 e. The molecule has 0 aliphatic carbocycles. The average molecular weight is 270 g/mol. The van der Waals surface area contributed by atoms with Crippen molar-refractivity contribution in [2.75, 3.05) is 11.1 Å². The number of nitrogens with one attached hydrogen (secondary N) is 1. The monoisotopic (exact) mass is 269 g/mol. The summed E-state index contributed by atoms with van der Waals surface area (Å²) >= 11 is 6.14. The number of nitrogens with two attached hydrogens (primary N) is 1. The third-order valence-electron chi connectivity index (χ3n) is 2.92. The summed E-state index contributed by atoms with van der Waals surface area (Å²) in [7, 11) is 0. The molecule has 3 N–H and O–H groups in total. The number of nitrogens with zero attached hydrogens (tertiary/aromatic N) is 1. The number of halogens is 1. The summed E-state index contributed by atoms with van der Waals surface area (Å²) < 4.78 is 0. The van der Waals surface area contributed by atoms with Crippen LogP contribution in [0.15, 0.2) is 54.7 Å². The Kier molecular flexibility index (Phi) is 2.97. The number of aromatic nitrogens is 1. The number of hydrogen-bond donors (Lipinski definition) is 2. The molecule has 3 rings (SSSR count). The number of fused-ring (bicyclic) bond motifs is 1. The van der Waals surface area contributed by atoms with Crippen molar-refractivity contribution in [3.05, 3.63) is 59.8 Å². The number of pyridine rings is 1. The van der Waals surface area contributed by atoms with Gasteiger partial charge in [0.25, 0.3) is 0 Å². The van der Waals surface area contributed by atoms with E-state index in [1.54, 1.807) is 6.20 Å². The number of hydrogen-bond acceptors (Lipinski definition) is 3. The second-order valence-corrected chi connectivity index (χ2v) is 4.65. The molecular formula is C15H12ClN3. The van der Waals surface area contributed by atoms with Gasteiger partial charge in [0.1, 0.15) is 0 Å². The van der Waals surface area contributed by atoms with Crippen molar-refractivity contribution >= 4 is 39.6 Å². The Morgan fingerprint density at radius 2 is 1.95 bits per heavy atom. The SMILES string of the molecule is Nc1cccc(Cl)c1Nc1ccc2ncccc2c1. The normalized spacial score (nSPS) is 10.6. The highest BCUT2D eigenvalue weighted by Crippen LogP contribution is 2.31. The first kappa shape index (κ1) is 11.8. The molecule has 0 saturated carbocycles. The average Bonchev–Trinajstić information content (AvgIpc) is 2.43. The molecule has 0 radical (unpaired) electrons. The molecule has 0 aliphatic heterocycles. The van der Waals surface area contributed by atoms with Gasteiger partial charge in [-0.15, -0.1) is 0 Å². The number of rotatable bonds is 2. The van der Waals surface area contributed by atoms with Crippen LogP contribution >= 0.6 is 11.6 Å². The molecule has 1 aromatic heterocycles. The number of para-hydroxylation sites is 1. The van der Waals surface area contributed by atoms with Crippen LogP contribution in [0.25, 0.3) is 10.9 Å². The van der Waals surface area contributed by atoms with E-state index in [0.717, 1.165) is 22.3 Å². The Morgan fingerprint density at radius 1 is 1.05 bits per heavy atom. The van der Waals surface area contributed by atoms with Crippen molar-refractivity contribution in [3.63, 3.8) is 0 Å². The van der Waals surface area contributed by atoms with Gasteiger partial charge < -0.3 is 11.1 Å². The topological polar surface area (TPSA) is 50.9 Å². The Hall–Kier alpha value is -2.26. The van der Waals surface area contributed by atoms with Crippen molar-refractivity contribution in [1.29, 1.82) is 0 Å². The molecule has 0 unspecified atom stereocenters. The van der Waals surface area contributed by atoms with Crippen molar-refractivity contribution in [3.8, 4) is 0 Å². The van der Waals surface area contributed by atoms with E-state index >= 15 is 0 Å². The van der Waals surface area contributed by atoms with Crippen molar-refractivity contribution < 1.29 is 0 Å². The lowest BCUT2D eigenvalue weighted by atomic mass is 10.2. The standard InChI is InChI=1S/C15H12ClN3/c16-12-4-1-5-13(17)15(12)19-11-6-7-14-10(9-11)3-2-8-18-14/h1-9,19H,17H2. The summed E-state index contributed by atoms with van der Waals surface area (Å²) in [6.45, 7) is 0. The molecule has 0 spiro atoms. The minimum Gasteiger partial charge on any atom is -0.397 e. The molecule has 0 amide bonds. The molecule has 1 heterocycles. The summed E-state index contributed by atoms with van der Waals surface area (Å²) in [6, 6.07) is 15.3. The molecule has 19 heavy (non-hydrogen) atoms.